The van der Waals surface area contributed by atoms with Crippen LogP contribution in [0.1, 0.15) is 5.56 Å². The van der Waals surface area contributed by atoms with Crippen LogP contribution in [0.2, 0.25) is 0 Å². The minimum Gasteiger partial charge on any atom is -0.495 e. The number of para-hydroxylation sites is 2. The van der Waals surface area contributed by atoms with E-state index in [-0.39, 0.29) is 0 Å². The molecule has 0 aromatic heterocycles. The van der Waals surface area contributed by atoms with E-state index in [1.54, 1.807) is 19.2 Å². The largest absolute Gasteiger partial charge is 0.495 e. The molecule has 0 fully saturated rings. The van der Waals surface area contributed by atoms with E-state index in [4.69, 9.17) is 9.57 Å². The lowest BCUT2D eigenvalue weighted by atomic mass is 10.2. The van der Waals surface area contributed by atoms with Crippen LogP contribution >= 0.6 is 0 Å². The van der Waals surface area contributed by atoms with Crippen molar-refractivity contribution in [3.05, 3.63) is 60.2 Å². The van der Waals surface area contributed by atoms with E-state index in [0.29, 0.717) is 18.0 Å². The highest BCUT2D eigenvalue weighted by atomic mass is 16.7. The van der Waals surface area contributed by atoms with Crippen molar-refractivity contribution in [1.82, 2.24) is 5.48 Å². The SMILES string of the molecule is COc1ccccc1NC(=O)NOCc1ccccc1. The molecule has 0 atom stereocenters. The standard InChI is InChI=1S/C15H16N2O3/c1-19-14-10-6-5-9-13(14)16-15(18)17-20-11-12-7-3-2-4-8-12/h2-10H,11H2,1H3,(H2,16,17,18). The third kappa shape index (κ3) is 4.00. The molecule has 2 aromatic carbocycles. The highest BCUT2D eigenvalue weighted by Gasteiger charge is 2.06. The van der Waals surface area contributed by atoms with Gasteiger partial charge in [0.05, 0.1) is 19.4 Å². The summed E-state index contributed by atoms with van der Waals surface area (Å²) in [5.74, 6) is 0.589. The van der Waals surface area contributed by atoms with E-state index in [2.05, 4.69) is 10.8 Å². The molecule has 5 nitrogen and oxygen atoms in total. The summed E-state index contributed by atoms with van der Waals surface area (Å²) in [4.78, 5) is 16.8. The van der Waals surface area contributed by atoms with Crippen molar-refractivity contribution in [2.24, 2.45) is 0 Å². The second kappa shape index (κ2) is 7.16. The lowest BCUT2D eigenvalue weighted by Gasteiger charge is -2.10. The van der Waals surface area contributed by atoms with Gasteiger partial charge >= 0.3 is 6.03 Å². The quantitative estimate of drug-likeness (QED) is 0.823. The molecule has 0 saturated carbocycles. The van der Waals surface area contributed by atoms with Gasteiger partial charge in [0.2, 0.25) is 0 Å². The highest BCUT2D eigenvalue weighted by molar-refractivity contribution is 5.90. The van der Waals surface area contributed by atoms with Crippen LogP contribution in [0.5, 0.6) is 5.75 Å². The zero-order valence-corrected chi connectivity index (χ0v) is 11.1. The molecule has 5 heteroatoms. The molecule has 0 saturated heterocycles. The summed E-state index contributed by atoms with van der Waals surface area (Å²) in [7, 11) is 1.55. The Kier molecular flexibility index (Phi) is 4.97. The normalized spacial score (nSPS) is 9.85. The van der Waals surface area contributed by atoms with E-state index in [9.17, 15) is 4.79 Å². The van der Waals surface area contributed by atoms with Crippen molar-refractivity contribution < 1.29 is 14.4 Å². The zero-order chi connectivity index (χ0) is 14.2. The minimum absolute atomic E-state index is 0.306. The van der Waals surface area contributed by atoms with Crippen molar-refractivity contribution in [3.63, 3.8) is 0 Å². The maximum atomic E-state index is 11.7. The molecule has 0 bridgehead atoms. The van der Waals surface area contributed by atoms with Gasteiger partial charge in [0.25, 0.3) is 0 Å². The van der Waals surface area contributed by atoms with Crippen LogP contribution in [0.15, 0.2) is 54.6 Å². The lowest BCUT2D eigenvalue weighted by Crippen LogP contribution is -2.28. The molecule has 2 aromatic rings. The first-order valence-corrected chi connectivity index (χ1v) is 6.15. The molecule has 0 aliphatic rings. The molecule has 0 aliphatic heterocycles. The number of carbonyl (C=O) groups is 1. The highest BCUT2D eigenvalue weighted by Crippen LogP contribution is 2.22. The molecule has 0 spiro atoms. The summed E-state index contributed by atoms with van der Waals surface area (Å²) < 4.78 is 5.14. The van der Waals surface area contributed by atoms with Gasteiger partial charge in [-0.15, -0.1) is 0 Å². The van der Waals surface area contributed by atoms with Gasteiger partial charge in [0, 0.05) is 0 Å². The molecule has 20 heavy (non-hydrogen) atoms. The number of carbonyl (C=O) groups excluding carboxylic acids is 1. The van der Waals surface area contributed by atoms with Crippen molar-refractivity contribution in [1.29, 1.82) is 0 Å². The zero-order valence-electron chi connectivity index (χ0n) is 11.1. The van der Waals surface area contributed by atoms with Crippen LogP contribution in [-0.2, 0) is 11.4 Å². The Hall–Kier alpha value is -2.53. The fourth-order valence-corrected chi connectivity index (χ4v) is 1.65. The molecule has 0 aliphatic carbocycles. The summed E-state index contributed by atoms with van der Waals surface area (Å²) in [5, 5.41) is 2.65. The third-order valence-electron chi connectivity index (χ3n) is 2.60. The number of methoxy groups -OCH3 is 1. The van der Waals surface area contributed by atoms with Crippen LogP contribution in [0.4, 0.5) is 10.5 Å². The Morgan fingerprint density at radius 1 is 1.05 bits per heavy atom. The Labute approximate surface area is 117 Å². The molecule has 0 unspecified atom stereocenters. The van der Waals surface area contributed by atoms with Gasteiger partial charge in [-0.3, -0.25) is 4.84 Å². The molecule has 104 valence electrons. The minimum atomic E-state index is -0.453. The van der Waals surface area contributed by atoms with Crippen molar-refractivity contribution in [2.45, 2.75) is 6.61 Å². The number of hydrogen-bond donors (Lipinski definition) is 2. The summed E-state index contributed by atoms with van der Waals surface area (Å²) >= 11 is 0. The number of hydroxylamine groups is 1. The molecule has 0 radical (unpaired) electrons. The van der Waals surface area contributed by atoms with Gasteiger partial charge in [-0.1, -0.05) is 42.5 Å². The number of amides is 2. The number of rotatable bonds is 5. The van der Waals surface area contributed by atoms with E-state index in [1.165, 1.54) is 0 Å². The fraction of sp³-hybridized carbons (Fsp3) is 0.133. The monoisotopic (exact) mass is 272 g/mol. The van der Waals surface area contributed by atoms with Crippen LogP contribution < -0.4 is 15.5 Å². The number of nitrogens with one attached hydrogen (secondary N) is 2. The average molecular weight is 272 g/mol. The maximum absolute atomic E-state index is 11.7. The van der Waals surface area contributed by atoms with Crippen LogP contribution in [0, 0.1) is 0 Å². The van der Waals surface area contributed by atoms with Crippen LogP contribution in [0.25, 0.3) is 0 Å². The van der Waals surface area contributed by atoms with E-state index >= 15 is 0 Å². The average Bonchev–Trinajstić information content (AvgIpc) is 2.49. The molecule has 0 heterocycles. The number of ether oxygens (including phenoxy) is 1. The molecular weight excluding hydrogens is 256 g/mol. The number of benzene rings is 2. The van der Waals surface area contributed by atoms with Gasteiger partial charge in [-0.05, 0) is 17.7 Å². The molecule has 2 rings (SSSR count). The smallest absolute Gasteiger partial charge is 0.343 e. The second-order valence-electron chi connectivity index (χ2n) is 4.03. The predicted molar refractivity (Wildman–Crippen MR) is 76.4 cm³/mol. The Morgan fingerprint density at radius 2 is 1.75 bits per heavy atom. The summed E-state index contributed by atoms with van der Waals surface area (Å²) in [5.41, 5.74) is 3.88. The van der Waals surface area contributed by atoms with E-state index < -0.39 is 6.03 Å². The van der Waals surface area contributed by atoms with Crippen molar-refractivity contribution >= 4 is 11.7 Å². The first-order chi connectivity index (χ1) is 9.79. The molecule has 2 N–H and O–H groups in total. The summed E-state index contributed by atoms with van der Waals surface area (Å²) in [6.07, 6.45) is 0. The topological polar surface area (TPSA) is 59.6 Å². The van der Waals surface area contributed by atoms with E-state index in [1.807, 2.05) is 42.5 Å². The fourth-order valence-electron chi connectivity index (χ4n) is 1.65. The maximum Gasteiger partial charge on any atom is 0.343 e. The first-order valence-electron chi connectivity index (χ1n) is 6.15. The van der Waals surface area contributed by atoms with Crippen molar-refractivity contribution in [2.75, 3.05) is 12.4 Å². The number of hydrogen-bond acceptors (Lipinski definition) is 3. The van der Waals surface area contributed by atoms with Crippen LogP contribution in [-0.4, -0.2) is 13.1 Å². The Bertz CT molecular complexity index is 558. The predicted octanol–water partition coefficient (Wildman–Crippen LogP) is 2.95. The first kappa shape index (κ1) is 13.9. The van der Waals surface area contributed by atoms with Crippen molar-refractivity contribution in [3.8, 4) is 5.75 Å². The van der Waals surface area contributed by atoms with Crippen LogP contribution in [0.3, 0.4) is 0 Å². The van der Waals surface area contributed by atoms with Gasteiger partial charge in [0.15, 0.2) is 0 Å². The van der Waals surface area contributed by atoms with Gasteiger partial charge in [-0.2, -0.15) is 0 Å². The van der Waals surface area contributed by atoms with E-state index in [0.717, 1.165) is 5.56 Å². The number of anilines is 1. The lowest BCUT2D eigenvalue weighted by molar-refractivity contribution is 0.0535. The Balaban J connectivity index is 1.81. The second-order valence-corrected chi connectivity index (χ2v) is 4.03. The number of urea groups is 1. The van der Waals surface area contributed by atoms with Gasteiger partial charge in [0.1, 0.15) is 5.75 Å². The van der Waals surface area contributed by atoms with Gasteiger partial charge in [-0.25, -0.2) is 10.3 Å². The van der Waals surface area contributed by atoms with Gasteiger partial charge < -0.3 is 10.1 Å². The summed E-state index contributed by atoms with van der Waals surface area (Å²) in [6.45, 7) is 0.306. The molecular formula is C15H16N2O3. The summed E-state index contributed by atoms with van der Waals surface area (Å²) in [6, 6.07) is 16.3. The Morgan fingerprint density at radius 3 is 2.50 bits per heavy atom. The third-order valence-corrected chi connectivity index (χ3v) is 2.60. The molecule has 2 amide bonds.